The number of amides is 1. The number of likely N-dealkylation sites (tertiary alicyclic amines) is 1. The van der Waals surface area contributed by atoms with Crippen molar-refractivity contribution < 1.29 is 31.8 Å². The van der Waals surface area contributed by atoms with Crippen molar-refractivity contribution in [3.63, 3.8) is 0 Å². The maximum atomic E-state index is 13.2. The van der Waals surface area contributed by atoms with Crippen molar-refractivity contribution >= 4 is 16.1 Å². The van der Waals surface area contributed by atoms with Crippen LogP contribution in [0.3, 0.4) is 0 Å². The Morgan fingerprint density at radius 2 is 2.12 bits per heavy atom. The number of nitrogens with zero attached hydrogens (tertiary/aromatic N) is 3. The molecule has 0 bridgehead atoms. The number of hydrogen-bond acceptors (Lipinski definition) is 8. The molecule has 5 rings (SSSR count). The van der Waals surface area contributed by atoms with Crippen LogP contribution in [0.4, 0.5) is 9.18 Å². The van der Waals surface area contributed by atoms with E-state index in [4.69, 9.17) is 14.2 Å². The lowest BCUT2D eigenvalue weighted by atomic mass is 9.86. The van der Waals surface area contributed by atoms with E-state index in [0.717, 1.165) is 31.9 Å². The van der Waals surface area contributed by atoms with Crippen LogP contribution in [0.25, 0.3) is 0 Å². The average molecular weight is 485 g/mol. The molecule has 1 N–H and O–H groups in total. The minimum atomic E-state index is -3.50. The van der Waals surface area contributed by atoms with Gasteiger partial charge in [0.15, 0.2) is 5.82 Å². The zero-order chi connectivity index (χ0) is 23.4. The van der Waals surface area contributed by atoms with Crippen molar-refractivity contribution in [1.82, 2.24) is 19.6 Å². The molecule has 10 nitrogen and oxygen atoms in total. The number of carbonyl (C=O) groups excluding carboxylic acids is 1. The summed E-state index contributed by atoms with van der Waals surface area (Å²) < 4.78 is 56.8. The Labute approximate surface area is 192 Å². The summed E-state index contributed by atoms with van der Waals surface area (Å²) in [6.45, 7) is 0.907. The number of rotatable bonds is 6. The van der Waals surface area contributed by atoms with Crippen molar-refractivity contribution in [2.75, 3.05) is 33.2 Å². The number of carbonyl (C=O) groups is 1. The highest BCUT2D eigenvalue weighted by atomic mass is 32.2. The zero-order valence-corrected chi connectivity index (χ0v) is 19.5. The van der Waals surface area contributed by atoms with E-state index in [1.807, 2.05) is 0 Å². The Bertz CT molecular complexity index is 1010. The number of fused-ring (bicyclic) bond motifs is 2. The lowest BCUT2D eigenvalue weighted by Crippen LogP contribution is -2.52. The number of ether oxygens (including phenoxy) is 3. The van der Waals surface area contributed by atoms with Crippen molar-refractivity contribution in [2.24, 2.45) is 11.8 Å². The van der Waals surface area contributed by atoms with Crippen LogP contribution in [0.5, 0.6) is 0 Å². The van der Waals surface area contributed by atoms with E-state index in [9.17, 15) is 17.6 Å². The first-order chi connectivity index (χ1) is 15.7. The van der Waals surface area contributed by atoms with E-state index in [1.54, 1.807) is 4.90 Å². The van der Waals surface area contributed by atoms with Crippen LogP contribution in [0.1, 0.15) is 31.5 Å². The van der Waals surface area contributed by atoms with Crippen LogP contribution >= 0.6 is 0 Å². The topological polar surface area (TPSA) is 120 Å². The van der Waals surface area contributed by atoms with Gasteiger partial charge in [0.2, 0.25) is 10.0 Å². The highest BCUT2D eigenvalue weighted by Gasteiger charge is 2.60. The maximum Gasteiger partial charge on any atom is 0.410 e. The number of sulfonamides is 1. The lowest BCUT2D eigenvalue weighted by Gasteiger charge is -2.33. The summed E-state index contributed by atoms with van der Waals surface area (Å²) >= 11 is 0. The quantitative estimate of drug-likeness (QED) is 0.630. The fraction of sp³-hybridized carbons (Fsp3) is 0.762. The summed E-state index contributed by atoms with van der Waals surface area (Å²) in [6, 6.07) is -1.26. The van der Waals surface area contributed by atoms with E-state index < -0.39 is 34.0 Å². The normalized spacial score (nSPS) is 37.5. The number of nitrogens with one attached hydrogen (secondary N) is 1. The molecule has 7 atom stereocenters. The molecule has 12 heteroatoms. The van der Waals surface area contributed by atoms with E-state index in [1.165, 1.54) is 19.5 Å². The summed E-state index contributed by atoms with van der Waals surface area (Å²) in [5, 5.41) is 0. The van der Waals surface area contributed by atoms with Gasteiger partial charge in [0.05, 0.1) is 69.8 Å². The molecule has 1 amide bonds. The fourth-order valence-corrected chi connectivity index (χ4v) is 6.88. The van der Waals surface area contributed by atoms with Gasteiger partial charge in [0, 0.05) is 11.3 Å². The molecule has 0 radical (unpaired) electrons. The Balaban J connectivity index is 1.26. The number of hydrogen-bond donors (Lipinski definition) is 1. The Morgan fingerprint density at radius 3 is 2.79 bits per heavy atom. The Hall–Kier alpha value is -1.89. The predicted molar refractivity (Wildman–Crippen MR) is 113 cm³/mol. The van der Waals surface area contributed by atoms with Gasteiger partial charge in [-0.15, -0.1) is 0 Å². The van der Waals surface area contributed by atoms with Crippen molar-refractivity contribution in [3.8, 4) is 0 Å². The summed E-state index contributed by atoms with van der Waals surface area (Å²) in [4.78, 5) is 22.6. The number of aromatic nitrogens is 2. The summed E-state index contributed by atoms with van der Waals surface area (Å²) in [7, 11) is -2.19. The van der Waals surface area contributed by atoms with Crippen LogP contribution < -0.4 is 4.72 Å². The molecular weight excluding hydrogens is 455 g/mol. The van der Waals surface area contributed by atoms with Gasteiger partial charge in [-0.25, -0.2) is 32.3 Å². The third-order valence-corrected chi connectivity index (χ3v) is 8.38. The van der Waals surface area contributed by atoms with Crippen LogP contribution in [0, 0.1) is 17.7 Å². The van der Waals surface area contributed by atoms with E-state index in [2.05, 4.69) is 14.7 Å². The molecule has 1 aromatic heterocycles. The molecule has 182 valence electrons. The molecule has 1 aromatic rings. The lowest BCUT2D eigenvalue weighted by molar-refractivity contribution is -0.0152. The third-order valence-electron chi connectivity index (χ3n) is 7.68. The highest BCUT2D eigenvalue weighted by molar-refractivity contribution is 7.88. The molecular formula is C21H29FN4O6S. The largest absolute Gasteiger partial charge is 0.453 e. The maximum absolute atomic E-state index is 13.2. The zero-order valence-electron chi connectivity index (χ0n) is 18.6. The SMILES string of the molecule is COC(=O)N1[C@@H]2COC[C@@H]2C(NS(C)(=O)=O)[C@@H]1COC1CCC2(c3ncc(F)cn3)CC2C1. The van der Waals surface area contributed by atoms with Gasteiger partial charge in [-0.1, -0.05) is 0 Å². The first kappa shape index (κ1) is 22.9. The fourth-order valence-electron chi connectivity index (χ4n) is 6.06. The molecule has 0 aromatic carbocycles. The van der Waals surface area contributed by atoms with Gasteiger partial charge in [0.1, 0.15) is 5.82 Å². The van der Waals surface area contributed by atoms with Gasteiger partial charge >= 0.3 is 6.09 Å². The smallest absolute Gasteiger partial charge is 0.410 e. The molecule has 4 unspecified atom stereocenters. The molecule has 0 spiro atoms. The predicted octanol–water partition coefficient (Wildman–Crippen LogP) is 0.826. The van der Waals surface area contributed by atoms with Crippen molar-refractivity contribution in [1.29, 1.82) is 0 Å². The Morgan fingerprint density at radius 1 is 1.36 bits per heavy atom. The number of halogens is 1. The second kappa shape index (κ2) is 8.40. The second-order valence-corrected chi connectivity index (χ2v) is 11.4. The van der Waals surface area contributed by atoms with Gasteiger partial charge < -0.3 is 14.2 Å². The van der Waals surface area contributed by atoms with Gasteiger partial charge in [-0.2, -0.15) is 0 Å². The first-order valence-electron chi connectivity index (χ1n) is 11.2. The van der Waals surface area contributed by atoms with E-state index in [-0.39, 0.29) is 30.1 Å². The average Bonchev–Trinajstić information content (AvgIpc) is 3.19. The molecule has 4 aliphatic rings. The van der Waals surface area contributed by atoms with Crippen LogP contribution in [-0.2, 0) is 29.6 Å². The highest BCUT2D eigenvalue weighted by Crippen LogP contribution is 2.61. The van der Waals surface area contributed by atoms with E-state index in [0.29, 0.717) is 25.0 Å². The third kappa shape index (κ3) is 4.22. The van der Waals surface area contributed by atoms with Gasteiger partial charge in [0.25, 0.3) is 0 Å². The van der Waals surface area contributed by atoms with Gasteiger partial charge in [-0.05, 0) is 31.6 Å². The van der Waals surface area contributed by atoms with E-state index >= 15 is 0 Å². The van der Waals surface area contributed by atoms with Crippen LogP contribution in [0.2, 0.25) is 0 Å². The monoisotopic (exact) mass is 484 g/mol. The molecule has 2 saturated carbocycles. The minimum Gasteiger partial charge on any atom is -0.453 e. The second-order valence-electron chi connectivity index (χ2n) is 9.64. The summed E-state index contributed by atoms with van der Waals surface area (Å²) in [6.07, 6.45) is 6.44. The standard InChI is InChI=1S/C21H29FN4O6S/c1-30-20(27)26-16-10-31-9-15(16)18(25-33(2,28)29)17(26)11-32-14-3-4-21(6-12(21)5-14)19-23-7-13(22)8-24-19/h7-8,12,14-18,25H,3-6,9-11H2,1-2H3/t12?,14?,15-,16+,17-,18?,21?/m0/s1. The van der Waals surface area contributed by atoms with Crippen LogP contribution in [0.15, 0.2) is 12.4 Å². The molecule has 2 aliphatic carbocycles. The van der Waals surface area contributed by atoms with Crippen LogP contribution in [-0.4, -0.2) is 86.8 Å². The van der Waals surface area contributed by atoms with Crippen molar-refractivity contribution in [3.05, 3.63) is 24.0 Å². The minimum absolute atomic E-state index is 0.0128. The Kier molecular flexibility index (Phi) is 5.82. The molecule has 33 heavy (non-hydrogen) atoms. The molecule has 3 heterocycles. The van der Waals surface area contributed by atoms with Crippen molar-refractivity contribution in [2.45, 2.75) is 55.3 Å². The van der Waals surface area contributed by atoms with Gasteiger partial charge in [-0.3, -0.25) is 4.90 Å². The number of methoxy groups -OCH3 is 1. The molecule has 4 fully saturated rings. The molecule has 2 aliphatic heterocycles. The summed E-state index contributed by atoms with van der Waals surface area (Å²) in [5.74, 6) is 0.471. The molecule has 2 saturated heterocycles. The first-order valence-corrected chi connectivity index (χ1v) is 13.1. The summed E-state index contributed by atoms with van der Waals surface area (Å²) in [5.41, 5.74) is -0.0896.